The van der Waals surface area contributed by atoms with E-state index in [-0.39, 0.29) is 22.7 Å². The van der Waals surface area contributed by atoms with Gasteiger partial charge in [0.1, 0.15) is 5.75 Å². The summed E-state index contributed by atoms with van der Waals surface area (Å²) in [6.07, 6.45) is 0. The van der Waals surface area contributed by atoms with Crippen LogP contribution in [0.25, 0.3) is 22.3 Å². The molecule has 0 aromatic heterocycles. The molecule has 0 unspecified atom stereocenters. The smallest absolute Gasteiger partial charge is 0.335 e. The lowest BCUT2D eigenvalue weighted by molar-refractivity contribution is -0.131. The molecular formula is C23H16O8. The molecule has 0 bridgehead atoms. The molecule has 31 heavy (non-hydrogen) atoms. The van der Waals surface area contributed by atoms with Gasteiger partial charge in [-0.15, -0.1) is 0 Å². The third-order valence-corrected chi connectivity index (χ3v) is 4.35. The lowest BCUT2D eigenvalue weighted by Gasteiger charge is -2.02. The van der Waals surface area contributed by atoms with Crippen LogP contribution < -0.4 is 4.74 Å². The molecule has 0 saturated carbocycles. The number of ether oxygens (including phenoxy) is 1. The van der Waals surface area contributed by atoms with E-state index in [1.165, 1.54) is 23.6 Å². The summed E-state index contributed by atoms with van der Waals surface area (Å²) in [6.45, 7) is 1.40. The molecule has 2 aromatic carbocycles. The van der Waals surface area contributed by atoms with Crippen molar-refractivity contribution in [2.45, 2.75) is 6.92 Å². The van der Waals surface area contributed by atoms with Crippen LogP contribution >= 0.6 is 0 Å². The molecule has 2 aliphatic carbocycles. The summed E-state index contributed by atoms with van der Waals surface area (Å²) in [4.78, 5) is 42.5. The topological polar surface area (TPSA) is 138 Å². The molecule has 0 aliphatic heterocycles. The molecule has 0 saturated heterocycles. The standard InChI is InChI=1S/C14H10O2.C9H6O6/c1-9(15)16-12-5-2-10(3-6-12)13-7-4-11-8-14(11)13;10-7(11)4-1-5(8(12)13)3-6(2-4)9(14)15/h2-8H,1H3;1-3H,(H,10,11)(H,12,13)(H,14,15). The minimum Gasteiger partial charge on any atom is -0.478 e. The van der Waals surface area contributed by atoms with Crippen molar-refractivity contribution in [1.29, 1.82) is 0 Å². The molecule has 0 fully saturated rings. The quantitative estimate of drug-likeness (QED) is 0.325. The number of rotatable bonds is 5. The molecular weight excluding hydrogens is 404 g/mol. The second-order valence-electron chi connectivity index (χ2n) is 6.59. The number of hydrogen-bond donors (Lipinski definition) is 3. The zero-order valence-electron chi connectivity index (χ0n) is 16.2. The van der Waals surface area contributed by atoms with Crippen LogP contribution in [-0.2, 0) is 4.79 Å². The third-order valence-electron chi connectivity index (χ3n) is 4.35. The molecule has 4 rings (SSSR count). The van der Waals surface area contributed by atoms with Crippen LogP contribution in [0.4, 0.5) is 0 Å². The van der Waals surface area contributed by atoms with Gasteiger partial charge in [0.05, 0.1) is 16.7 Å². The van der Waals surface area contributed by atoms with Gasteiger partial charge in [0.25, 0.3) is 0 Å². The zero-order chi connectivity index (χ0) is 22.7. The molecule has 3 N–H and O–H groups in total. The van der Waals surface area contributed by atoms with Gasteiger partial charge in [-0.2, -0.15) is 0 Å². The molecule has 0 amide bonds. The number of benzene rings is 3. The maximum Gasteiger partial charge on any atom is 0.335 e. The molecule has 0 radical (unpaired) electrons. The van der Waals surface area contributed by atoms with Crippen LogP contribution in [-0.4, -0.2) is 39.2 Å². The number of carboxylic acid groups (broad SMARTS) is 3. The summed E-state index contributed by atoms with van der Waals surface area (Å²) in [6, 6.07) is 16.7. The average molecular weight is 420 g/mol. The molecule has 0 heterocycles. The highest BCUT2D eigenvalue weighted by Crippen LogP contribution is 2.44. The highest BCUT2D eigenvalue weighted by molar-refractivity contribution is 5.99. The average Bonchev–Trinajstić information content (AvgIpc) is 3.38. The van der Waals surface area contributed by atoms with Crippen molar-refractivity contribution >= 4 is 23.9 Å². The highest BCUT2D eigenvalue weighted by atomic mass is 16.5. The normalized spacial score (nSPS) is 10.4. The van der Waals surface area contributed by atoms with E-state index in [4.69, 9.17) is 20.1 Å². The highest BCUT2D eigenvalue weighted by Gasteiger charge is 2.18. The number of carboxylic acids is 3. The fourth-order valence-electron chi connectivity index (χ4n) is 2.87. The zero-order valence-corrected chi connectivity index (χ0v) is 16.2. The predicted molar refractivity (Wildman–Crippen MR) is 110 cm³/mol. The van der Waals surface area contributed by atoms with Crippen LogP contribution in [0, 0.1) is 0 Å². The monoisotopic (exact) mass is 420 g/mol. The van der Waals surface area contributed by atoms with Crippen molar-refractivity contribution in [3.8, 4) is 28.0 Å². The Bertz CT molecular complexity index is 1130. The first-order valence-corrected chi connectivity index (χ1v) is 8.94. The summed E-state index contributed by atoms with van der Waals surface area (Å²) in [7, 11) is 0. The van der Waals surface area contributed by atoms with Gasteiger partial charge >= 0.3 is 23.9 Å². The van der Waals surface area contributed by atoms with Crippen LogP contribution in [0.2, 0.25) is 0 Å². The minimum atomic E-state index is -1.37. The van der Waals surface area contributed by atoms with Gasteiger partial charge in [0, 0.05) is 6.92 Å². The maximum atomic E-state index is 10.8. The van der Waals surface area contributed by atoms with E-state index in [0.717, 1.165) is 23.8 Å². The van der Waals surface area contributed by atoms with Crippen LogP contribution in [0.1, 0.15) is 38.0 Å². The van der Waals surface area contributed by atoms with E-state index in [9.17, 15) is 19.2 Å². The molecule has 2 aliphatic rings. The predicted octanol–water partition coefficient (Wildman–Crippen LogP) is 4.04. The summed E-state index contributed by atoms with van der Waals surface area (Å²) in [5.74, 6) is -3.82. The van der Waals surface area contributed by atoms with Crippen molar-refractivity contribution in [3.05, 3.63) is 77.4 Å². The van der Waals surface area contributed by atoms with E-state index >= 15 is 0 Å². The summed E-state index contributed by atoms with van der Waals surface area (Å²) < 4.78 is 4.98. The van der Waals surface area contributed by atoms with Crippen molar-refractivity contribution in [2.75, 3.05) is 0 Å². The lowest BCUT2D eigenvalue weighted by Crippen LogP contribution is -2.07. The van der Waals surface area contributed by atoms with Crippen molar-refractivity contribution < 1.29 is 39.2 Å². The summed E-state index contributed by atoms with van der Waals surface area (Å²) >= 11 is 0. The number of carbonyl (C=O) groups excluding carboxylic acids is 1. The third kappa shape index (κ3) is 5.13. The minimum absolute atomic E-state index is 0.290. The second-order valence-corrected chi connectivity index (χ2v) is 6.59. The molecule has 8 heteroatoms. The van der Waals surface area contributed by atoms with Gasteiger partial charge < -0.3 is 20.1 Å². The largest absolute Gasteiger partial charge is 0.478 e. The van der Waals surface area contributed by atoms with Gasteiger partial charge in [-0.25, -0.2) is 14.4 Å². The summed E-state index contributed by atoms with van der Waals surface area (Å²) in [5, 5.41) is 25.8. The Balaban J connectivity index is 0.000000176. The fraction of sp³-hybridized carbons (Fsp3) is 0.0435. The molecule has 2 aromatic rings. The van der Waals surface area contributed by atoms with Gasteiger partial charge in [0.2, 0.25) is 0 Å². The SMILES string of the molecule is CC(=O)Oc1ccc(-c2ccc3cc2-3)cc1.O=C(O)c1cc(C(=O)O)cc(C(=O)O)c1. The first-order valence-electron chi connectivity index (χ1n) is 8.94. The van der Waals surface area contributed by atoms with E-state index in [0.29, 0.717) is 5.75 Å². The van der Waals surface area contributed by atoms with Crippen molar-refractivity contribution in [2.24, 2.45) is 0 Å². The van der Waals surface area contributed by atoms with E-state index in [2.05, 4.69) is 18.2 Å². The number of aromatic carboxylic acids is 3. The first kappa shape index (κ1) is 21.3. The van der Waals surface area contributed by atoms with Crippen LogP contribution in [0.5, 0.6) is 5.75 Å². The van der Waals surface area contributed by atoms with Gasteiger partial charge in [0.15, 0.2) is 0 Å². The Morgan fingerprint density at radius 1 is 0.613 bits per heavy atom. The number of carbonyl (C=O) groups is 4. The number of fused-ring (bicyclic) bond motifs is 1. The van der Waals surface area contributed by atoms with Crippen LogP contribution in [0.3, 0.4) is 0 Å². The van der Waals surface area contributed by atoms with Crippen LogP contribution in [0.15, 0.2) is 60.7 Å². The van der Waals surface area contributed by atoms with E-state index in [1.807, 2.05) is 24.3 Å². The van der Waals surface area contributed by atoms with E-state index < -0.39 is 17.9 Å². The Morgan fingerprint density at radius 2 is 1.06 bits per heavy atom. The first-order chi connectivity index (χ1) is 14.7. The second kappa shape index (κ2) is 8.50. The van der Waals surface area contributed by atoms with E-state index in [1.54, 1.807) is 0 Å². The van der Waals surface area contributed by atoms with Gasteiger partial charge in [-0.05, 0) is 58.7 Å². The summed E-state index contributed by atoms with van der Waals surface area (Å²) in [5.41, 5.74) is 3.97. The van der Waals surface area contributed by atoms with Crippen molar-refractivity contribution in [3.63, 3.8) is 0 Å². The number of hydrogen-bond acceptors (Lipinski definition) is 5. The Labute approximate surface area is 176 Å². The maximum absolute atomic E-state index is 10.8. The van der Waals surface area contributed by atoms with Gasteiger partial charge in [-0.3, -0.25) is 4.79 Å². The molecule has 156 valence electrons. The number of esters is 1. The molecule has 0 spiro atoms. The molecule has 8 nitrogen and oxygen atoms in total. The van der Waals surface area contributed by atoms with Gasteiger partial charge in [-0.1, -0.05) is 24.3 Å². The fourth-order valence-corrected chi connectivity index (χ4v) is 2.87. The lowest BCUT2D eigenvalue weighted by atomic mass is 10.1. The Kier molecular flexibility index (Phi) is 5.83. The Morgan fingerprint density at radius 3 is 1.39 bits per heavy atom. The van der Waals surface area contributed by atoms with Crippen molar-refractivity contribution in [1.82, 2.24) is 0 Å². The molecule has 0 atom stereocenters. The Hall–Kier alpha value is -4.46.